The first-order valence-corrected chi connectivity index (χ1v) is 13.3. The van der Waals surface area contributed by atoms with Crippen LogP contribution in [0.2, 0.25) is 0 Å². The molecule has 37 heavy (non-hydrogen) atoms. The van der Waals surface area contributed by atoms with Crippen molar-refractivity contribution in [1.82, 2.24) is 0 Å². The molecule has 3 atom stereocenters. The highest BCUT2D eigenvalue weighted by atomic mass is 16.3. The van der Waals surface area contributed by atoms with E-state index in [0.29, 0.717) is 18.4 Å². The van der Waals surface area contributed by atoms with Gasteiger partial charge in [-0.05, 0) is 78.6 Å². The average molecular weight is 503 g/mol. The molecule has 0 radical (unpaired) electrons. The number of carbonyl (C=O) groups excluding carboxylic acids is 3. The third-order valence-electron chi connectivity index (χ3n) is 8.58. The molecule has 4 nitrogen and oxygen atoms in total. The van der Waals surface area contributed by atoms with Crippen LogP contribution in [-0.2, 0) is 14.4 Å². The number of ketones is 3. The van der Waals surface area contributed by atoms with Crippen LogP contribution in [0.5, 0.6) is 0 Å². The van der Waals surface area contributed by atoms with Crippen molar-refractivity contribution in [2.45, 2.75) is 81.1 Å². The van der Waals surface area contributed by atoms with Gasteiger partial charge in [-0.2, -0.15) is 0 Å². The van der Waals surface area contributed by atoms with Crippen molar-refractivity contribution < 1.29 is 19.5 Å². The molecule has 4 heteroatoms. The maximum atomic E-state index is 14.7. The van der Waals surface area contributed by atoms with Crippen LogP contribution in [0.15, 0.2) is 70.9 Å². The second-order valence-corrected chi connectivity index (χ2v) is 12.2. The summed E-state index contributed by atoms with van der Waals surface area (Å²) in [5.74, 6) is -1.75. The normalized spacial score (nSPS) is 27.9. The van der Waals surface area contributed by atoms with Gasteiger partial charge in [0.1, 0.15) is 16.7 Å². The van der Waals surface area contributed by atoms with E-state index in [0.717, 1.165) is 16.7 Å². The lowest BCUT2D eigenvalue weighted by Crippen LogP contribution is -2.69. The number of allylic oxidation sites excluding steroid dienone is 7. The number of fused-ring (bicyclic) bond motifs is 2. The number of rotatable bonds is 7. The molecular weight excluding hydrogens is 460 g/mol. The minimum atomic E-state index is -1.45. The summed E-state index contributed by atoms with van der Waals surface area (Å²) in [6, 6.07) is 8.70. The third kappa shape index (κ3) is 4.71. The van der Waals surface area contributed by atoms with Crippen LogP contribution < -0.4 is 0 Å². The highest BCUT2D eigenvalue weighted by Gasteiger charge is 2.73. The Balaban J connectivity index is 2.43. The van der Waals surface area contributed by atoms with Crippen LogP contribution in [0.4, 0.5) is 0 Å². The molecule has 1 aromatic carbocycles. The van der Waals surface area contributed by atoms with Crippen LogP contribution in [0.1, 0.15) is 86.6 Å². The number of hydrogen-bond donors (Lipinski definition) is 1. The lowest BCUT2D eigenvalue weighted by atomic mass is 9.38. The van der Waals surface area contributed by atoms with E-state index in [1.54, 1.807) is 24.3 Å². The van der Waals surface area contributed by atoms with Gasteiger partial charge >= 0.3 is 0 Å². The second-order valence-electron chi connectivity index (χ2n) is 12.2. The third-order valence-corrected chi connectivity index (χ3v) is 8.58. The van der Waals surface area contributed by atoms with E-state index < -0.39 is 27.8 Å². The van der Waals surface area contributed by atoms with Crippen molar-refractivity contribution in [3.63, 3.8) is 0 Å². The molecule has 2 aliphatic rings. The van der Waals surface area contributed by atoms with E-state index in [1.807, 2.05) is 73.6 Å². The Bertz CT molecular complexity index is 1210. The quantitative estimate of drug-likeness (QED) is 0.136. The molecule has 2 aliphatic carbocycles. The summed E-state index contributed by atoms with van der Waals surface area (Å²) in [7, 11) is 0. The molecule has 3 rings (SSSR count). The van der Waals surface area contributed by atoms with E-state index >= 15 is 0 Å². The van der Waals surface area contributed by atoms with Gasteiger partial charge < -0.3 is 5.11 Å². The Hall–Kier alpha value is -3.01. The fourth-order valence-corrected chi connectivity index (χ4v) is 6.13. The van der Waals surface area contributed by atoms with Crippen LogP contribution in [0, 0.1) is 22.2 Å². The molecule has 0 aliphatic heterocycles. The summed E-state index contributed by atoms with van der Waals surface area (Å²) in [5, 5.41) is 11.4. The smallest absolute Gasteiger partial charge is 0.184 e. The largest absolute Gasteiger partial charge is 0.506 e. The molecule has 0 spiro atoms. The van der Waals surface area contributed by atoms with Crippen LogP contribution in [0.25, 0.3) is 5.76 Å². The van der Waals surface area contributed by atoms with Crippen molar-refractivity contribution in [3.05, 3.63) is 76.4 Å². The Morgan fingerprint density at radius 3 is 1.92 bits per heavy atom. The number of aliphatic hydroxyl groups is 1. The predicted octanol–water partition coefficient (Wildman–Crippen LogP) is 7.76. The van der Waals surface area contributed by atoms with Gasteiger partial charge in [0.25, 0.3) is 0 Å². The minimum absolute atomic E-state index is 0.0652. The lowest BCUT2D eigenvalue weighted by molar-refractivity contribution is -0.176. The van der Waals surface area contributed by atoms with E-state index in [1.165, 1.54) is 0 Å². The van der Waals surface area contributed by atoms with E-state index in [9.17, 15) is 19.5 Å². The van der Waals surface area contributed by atoms with Crippen LogP contribution in [-0.4, -0.2) is 22.5 Å². The monoisotopic (exact) mass is 502 g/mol. The van der Waals surface area contributed by atoms with Gasteiger partial charge in [0.2, 0.25) is 0 Å². The second kappa shape index (κ2) is 10.4. The molecule has 0 saturated heterocycles. The number of Topliss-reactive ketones (excluding diaryl/α,β-unsaturated/α-hetero) is 3. The average Bonchev–Trinajstić information content (AvgIpc) is 2.82. The number of carbonyl (C=O) groups is 3. The van der Waals surface area contributed by atoms with Crippen LogP contribution >= 0.6 is 0 Å². The van der Waals surface area contributed by atoms with Gasteiger partial charge in [-0.1, -0.05) is 79.1 Å². The van der Waals surface area contributed by atoms with Gasteiger partial charge in [0, 0.05) is 5.56 Å². The van der Waals surface area contributed by atoms with Gasteiger partial charge in [-0.3, -0.25) is 14.4 Å². The van der Waals surface area contributed by atoms with Gasteiger partial charge in [0.15, 0.2) is 17.3 Å². The summed E-state index contributed by atoms with van der Waals surface area (Å²) < 4.78 is 0. The van der Waals surface area contributed by atoms with Crippen molar-refractivity contribution in [2.75, 3.05) is 0 Å². The fraction of sp³-hybridized carbons (Fsp3) is 0.485. The summed E-state index contributed by atoms with van der Waals surface area (Å²) in [6.07, 6.45) is 7.49. The van der Waals surface area contributed by atoms with Crippen molar-refractivity contribution >= 4 is 23.1 Å². The van der Waals surface area contributed by atoms with E-state index in [4.69, 9.17) is 0 Å². The van der Waals surface area contributed by atoms with Crippen molar-refractivity contribution in [1.29, 1.82) is 0 Å². The first-order chi connectivity index (χ1) is 17.2. The highest BCUT2D eigenvalue weighted by molar-refractivity contribution is 6.41. The van der Waals surface area contributed by atoms with Gasteiger partial charge in [0.05, 0.1) is 5.41 Å². The molecule has 1 aromatic rings. The molecule has 2 saturated carbocycles. The highest BCUT2D eigenvalue weighted by Crippen LogP contribution is 2.65. The standard InChI is InChI=1S/C33H42O4/c1-21(2)14-15-25-20-32(18-16-22(3)4)28(35)26(27(34)24-12-10-9-11-13-24)29(36)33(30(32)37,31(25,7)8)19-17-23(5)6/h9-14,16-17,25,34H,15,18-20H2,1-8H3/t25-,32-,33+/m0/s1. The molecule has 0 amide bonds. The minimum Gasteiger partial charge on any atom is -0.506 e. The summed E-state index contributed by atoms with van der Waals surface area (Å²) >= 11 is 0. The lowest BCUT2D eigenvalue weighted by Gasteiger charge is -2.60. The maximum absolute atomic E-state index is 14.7. The van der Waals surface area contributed by atoms with E-state index in [2.05, 4.69) is 6.08 Å². The Labute approximate surface area is 222 Å². The number of hydrogen-bond acceptors (Lipinski definition) is 4. The zero-order valence-electron chi connectivity index (χ0n) is 23.7. The number of aliphatic hydroxyl groups excluding tert-OH is 1. The molecule has 2 fully saturated rings. The fourth-order valence-electron chi connectivity index (χ4n) is 6.13. The topological polar surface area (TPSA) is 71.4 Å². The SMILES string of the molecule is CC(C)=CC[C@H]1C[C@@]2(CC=C(C)C)C(=O)C(=C(O)c3ccccc3)C(=O)[C@](CC=C(C)C)(C2=O)C1(C)C. The van der Waals surface area contributed by atoms with E-state index in [-0.39, 0.29) is 35.9 Å². The van der Waals surface area contributed by atoms with Crippen molar-refractivity contribution in [2.24, 2.45) is 22.2 Å². The van der Waals surface area contributed by atoms with Gasteiger partial charge in [-0.15, -0.1) is 0 Å². The molecule has 0 heterocycles. The number of benzene rings is 1. The first kappa shape index (κ1) is 28.6. The van der Waals surface area contributed by atoms with Gasteiger partial charge in [-0.25, -0.2) is 0 Å². The first-order valence-electron chi connectivity index (χ1n) is 13.3. The summed E-state index contributed by atoms with van der Waals surface area (Å²) in [5.41, 5.74) is -0.236. The Kier molecular flexibility index (Phi) is 8.02. The zero-order chi connectivity index (χ0) is 27.8. The Morgan fingerprint density at radius 2 is 1.38 bits per heavy atom. The molecule has 198 valence electrons. The molecule has 2 bridgehead atoms. The zero-order valence-corrected chi connectivity index (χ0v) is 23.7. The summed E-state index contributed by atoms with van der Waals surface area (Å²) in [6.45, 7) is 15.9. The maximum Gasteiger partial charge on any atom is 0.184 e. The molecule has 0 unspecified atom stereocenters. The summed E-state index contributed by atoms with van der Waals surface area (Å²) in [4.78, 5) is 43.6. The molecule has 0 aromatic heterocycles. The molecular formula is C33H42O4. The Morgan fingerprint density at radius 1 is 0.838 bits per heavy atom. The van der Waals surface area contributed by atoms with Crippen molar-refractivity contribution in [3.8, 4) is 0 Å². The molecule has 1 N–H and O–H groups in total. The van der Waals surface area contributed by atoms with Crippen LogP contribution in [0.3, 0.4) is 0 Å². The predicted molar refractivity (Wildman–Crippen MR) is 150 cm³/mol.